The lowest BCUT2D eigenvalue weighted by molar-refractivity contribution is 0.170. The summed E-state index contributed by atoms with van der Waals surface area (Å²) in [5, 5.41) is 32.8. The fourth-order valence-electron chi connectivity index (χ4n) is 4.73. The van der Waals surface area contributed by atoms with Crippen molar-refractivity contribution in [2.75, 3.05) is 13.1 Å². The summed E-state index contributed by atoms with van der Waals surface area (Å²) < 4.78 is 5.73. The van der Waals surface area contributed by atoms with E-state index in [9.17, 15) is 15.2 Å². The molecule has 0 unspecified atom stereocenters. The van der Waals surface area contributed by atoms with E-state index in [1.165, 1.54) is 16.9 Å². The van der Waals surface area contributed by atoms with Gasteiger partial charge in [0.05, 0.1) is 23.8 Å². The summed E-state index contributed by atoms with van der Waals surface area (Å²) in [5.41, 5.74) is 4.61. The van der Waals surface area contributed by atoms with E-state index >= 15 is 0 Å². The molecule has 2 N–H and O–H groups in total. The van der Waals surface area contributed by atoms with Crippen LogP contribution in [-0.2, 0) is 6.42 Å². The van der Waals surface area contributed by atoms with Gasteiger partial charge in [0.15, 0.2) is 0 Å². The molecule has 0 bridgehead atoms. The van der Waals surface area contributed by atoms with Crippen molar-refractivity contribution >= 4 is 17.4 Å². The van der Waals surface area contributed by atoms with E-state index in [0.717, 1.165) is 39.5 Å². The summed E-state index contributed by atoms with van der Waals surface area (Å²) in [7, 11) is 0. The zero-order valence-electron chi connectivity index (χ0n) is 19.7. The van der Waals surface area contributed by atoms with Gasteiger partial charge < -0.3 is 20.1 Å². The van der Waals surface area contributed by atoms with Crippen LogP contribution in [0.5, 0.6) is 5.75 Å². The molecular weight excluding hydrogens is 462 g/mol. The van der Waals surface area contributed by atoms with Crippen molar-refractivity contribution in [3.05, 3.63) is 53.1 Å². The number of aromatic nitrogens is 2. The van der Waals surface area contributed by atoms with Gasteiger partial charge in [-0.25, -0.2) is 4.79 Å². The normalized spacial score (nSPS) is 19.0. The van der Waals surface area contributed by atoms with Gasteiger partial charge in [-0.15, -0.1) is 10.2 Å². The number of β-amino-alcohol motifs (C(OH)–C–C–N with tert-alkyl or cyclic N) is 1. The molecule has 3 aromatic rings. The minimum absolute atomic E-state index is 0.0168. The van der Waals surface area contributed by atoms with E-state index in [1.54, 1.807) is 11.0 Å². The fourth-order valence-corrected chi connectivity index (χ4v) is 5.62. The predicted molar refractivity (Wildman–Crippen MR) is 133 cm³/mol. The van der Waals surface area contributed by atoms with E-state index in [-0.39, 0.29) is 18.2 Å². The van der Waals surface area contributed by atoms with Crippen LogP contribution in [0.2, 0.25) is 0 Å². The van der Waals surface area contributed by atoms with E-state index in [4.69, 9.17) is 4.74 Å². The molecule has 2 aliphatic rings. The third-order valence-electron chi connectivity index (χ3n) is 6.38. The van der Waals surface area contributed by atoms with Crippen molar-refractivity contribution in [3.63, 3.8) is 0 Å². The maximum Gasteiger partial charge on any atom is 0.317 e. The van der Waals surface area contributed by atoms with Crippen LogP contribution in [0, 0.1) is 11.3 Å². The van der Waals surface area contributed by atoms with E-state index in [0.29, 0.717) is 30.8 Å². The number of amides is 2. The minimum Gasteiger partial charge on any atom is -0.490 e. The summed E-state index contributed by atoms with van der Waals surface area (Å²) in [5.74, 6) is 0.563. The molecular formula is C26H27N5O3S. The van der Waals surface area contributed by atoms with Crippen molar-refractivity contribution in [2.24, 2.45) is 0 Å². The number of likely N-dealkylation sites (tertiary alicyclic amines) is 1. The number of rotatable bonds is 5. The molecule has 0 saturated carbocycles. The Hall–Kier alpha value is -3.48. The topological polar surface area (TPSA) is 111 Å². The largest absolute Gasteiger partial charge is 0.490 e. The number of aliphatic hydroxyl groups excluding tert-OH is 1. The first-order valence-corrected chi connectivity index (χ1v) is 12.6. The lowest BCUT2D eigenvalue weighted by Gasteiger charge is -2.21. The quantitative estimate of drug-likeness (QED) is 0.553. The van der Waals surface area contributed by atoms with E-state index in [1.807, 2.05) is 38.1 Å². The predicted octanol–water partition coefficient (Wildman–Crippen LogP) is 4.29. The highest BCUT2D eigenvalue weighted by Gasteiger charge is 2.31. The Balaban J connectivity index is 1.37. The Morgan fingerprint density at radius 3 is 2.83 bits per heavy atom. The second-order valence-electron chi connectivity index (χ2n) is 9.20. The Kier molecular flexibility index (Phi) is 6.41. The number of ether oxygens (including phenoxy) is 1. The van der Waals surface area contributed by atoms with Crippen LogP contribution < -0.4 is 10.1 Å². The first-order chi connectivity index (χ1) is 16.9. The minimum atomic E-state index is -0.432. The number of hydrogen-bond acceptors (Lipinski definition) is 7. The Morgan fingerprint density at radius 2 is 2.09 bits per heavy atom. The highest BCUT2D eigenvalue weighted by Crippen LogP contribution is 2.40. The number of nitriles is 1. The van der Waals surface area contributed by atoms with Crippen molar-refractivity contribution in [3.8, 4) is 33.0 Å². The third kappa shape index (κ3) is 4.72. The molecule has 0 spiro atoms. The van der Waals surface area contributed by atoms with Crippen LogP contribution in [0.1, 0.15) is 49.4 Å². The molecule has 1 aliphatic heterocycles. The van der Waals surface area contributed by atoms with Gasteiger partial charge in [0.25, 0.3) is 0 Å². The summed E-state index contributed by atoms with van der Waals surface area (Å²) in [6.45, 7) is 4.82. The van der Waals surface area contributed by atoms with Crippen LogP contribution >= 0.6 is 11.3 Å². The number of nitrogens with zero attached hydrogens (tertiary/aromatic N) is 4. The first kappa shape index (κ1) is 23.3. The van der Waals surface area contributed by atoms with Gasteiger partial charge in [-0.1, -0.05) is 29.5 Å². The average Bonchev–Trinajstić information content (AvgIpc) is 3.59. The van der Waals surface area contributed by atoms with Gasteiger partial charge in [-0.3, -0.25) is 0 Å². The van der Waals surface area contributed by atoms with Gasteiger partial charge in [0.2, 0.25) is 0 Å². The van der Waals surface area contributed by atoms with Crippen molar-refractivity contribution in [1.29, 1.82) is 5.26 Å². The smallest absolute Gasteiger partial charge is 0.317 e. The second-order valence-corrected chi connectivity index (χ2v) is 10.2. The van der Waals surface area contributed by atoms with Crippen molar-refractivity contribution in [2.45, 2.75) is 51.4 Å². The van der Waals surface area contributed by atoms with Gasteiger partial charge in [0.1, 0.15) is 21.8 Å². The zero-order valence-corrected chi connectivity index (χ0v) is 20.5. The molecule has 0 radical (unpaired) electrons. The monoisotopic (exact) mass is 489 g/mol. The molecule has 35 heavy (non-hydrogen) atoms. The van der Waals surface area contributed by atoms with Gasteiger partial charge >= 0.3 is 6.03 Å². The molecule has 9 heteroatoms. The van der Waals surface area contributed by atoms with Crippen LogP contribution in [0.3, 0.4) is 0 Å². The highest BCUT2D eigenvalue weighted by molar-refractivity contribution is 7.17. The maximum absolute atomic E-state index is 12.7. The lowest BCUT2D eigenvalue weighted by atomic mass is 10.0. The summed E-state index contributed by atoms with van der Waals surface area (Å²) in [4.78, 5) is 14.3. The number of hydrogen-bond donors (Lipinski definition) is 2. The zero-order chi connectivity index (χ0) is 24.5. The average molecular weight is 490 g/mol. The summed E-state index contributed by atoms with van der Waals surface area (Å²) in [6, 6.07) is 13.6. The van der Waals surface area contributed by atoms with E-state index in [2.05, 4.69) is 27.6 Å². The first-order valence-electron chi connectivity index (χ1n) is 11.8. The SMILES string of the molecule is CC(C)Oc1ccc(-c2nnc(-c3cccc4c3CC[C@@H]4NC(=O)N3CC[C@H](O)C3)s2)cc1C#N. The van der Waals surface area contributed by atoms with Gasteiger partial charge in [-0.2, -0.15) is 5.26 Å². The fraction of sp³-hybridized carbons (Fsp3) is 0.385. The van der Waals surface area contributed by atoms with Crippen LogP contribution in [-0.4, -0.2) is 51.5 Å². The van der Waals surface area contributed by atoms with E-state index < -0.39 is 6.10 Å². The molecule has 2 atom stereocenters. The number of urea groups is 1. The number of aliphatic hydroxyl groups is 1. The molecule has 1 fully saturated rings. The van der Waals surface area contributed by atoms with Crippen molar-refractivity contribution < 1.29 is 14.6 Å². The molecule has 1 saturated heterocycles. The number of carbonyl (C=O) groups is 1. The second kappa shape index (κ2) is 9.64. The number of fused-ring (bicyclic) bond motifs is 1. The Bertz CT molecular complexity index is 1300. The van der Waals surface area contributed by atoms with Gasteiger partial charge in [-0.05, 0) is 62.4 Å². The standard InChI is InChI=1S/C26H27N5O3S/c1-15(2)34-23-9-6-16(12-17(23)13-27)24-29-30-25(35-24)21-5-3-4-20-19(21)7-8-22(20)28-26(33)31-11-10-18(32)14-31/h3-6,9,12,15,18,22,32H,7-8,10-11,14H2,1-2H3,(H,28,33)/t18-,22-/m0/s1. The Labute approximate surface area is 208 Å². The van der Waals surface area contributed by atoms with Crippen LogP contribution in [0.15, 0.2) is 36.4 Å². The molecule has 8 nitrogen and oxygen atoms in total. The third-order valence-corrected chi connectivity index (χ3v) is 7.39. The molecule has 2 aromatic carbocycles. The Morgan fingerprint density at radius 1 is 1.26 bits per heavy atom. The number of carbonyl (C=O) groups excluding carboxylic acids is 1. The molecule has 1 aliphatic carbocycles. The van der Waals surface area contributed by atoms with Crippen LogP contribution in [0.25, 0.3) is 21.1 Å². The summed E-state index contributed by atoms with van der Waals surface area (Å²) >= 11 is 1.48. The highest BCUT2D eigenvalue weighted by atomic mass is 32.1. The molecule has 1 aromatic heterocycles. The summed E-state index contributed by atoms with van der Waals surface area (Å²) in [6.07, 6.45) is 1.84. The molecule has 2 amide bonds. The molecule has 2 heterocycles. The van der Waals surface area contributed by atoms with Crippen LogP contribution in [0.4, 0.5) is 4.79 Å². The van der Waals surface area contributed by atoms with Gasteiger partial charge in [0, 0.05) is 24.2 Å². The van der Waals surface area contributed by atoms with Crippen molar-refractivity contribution in [1.82, 2.24) is 20.4 Å². The number of benzene rings is 2. The number of nitrogens with one attached hydrogen (secondary N) is 1. The molecule has 5 rings (SSSR count). The maximum atomic E-state index is 12.7. The lowest BCUT2D eigenvalue weighted by Crippen LogP contribution is -2.40. The molecule has 180 valence electrons.